The highest BCUT2D eigenvalue weighted by atomic mass is 35.5. The Morgan fingerprint density at radius 2 is 2.00 bits per heavy atom. The molecule has 1 aromatic carbocycles. The summed E-state index contributed by atoms with van der Waals surface area (Å²) >= 11 is 5.88. The van der Waals surface area contributed by atoms with Crippen LogP contribution in [0.25, 0.3) is 22.1 Å². The first-order valence-electron chi connectivity index (χ1n) is 10.1. The van der Waals surface area contributed by atoms with Crippen LogP contribution in [-0.4, -0.2) is 36.5 Å². The van der Waals surface area contributed by atoms with Gasteiger partial charge in [0.15, 0.2) is 0 Å². The number of carboxylic acid groups (broad SMARTS) is 1. The van der Waals surface area contributed by atoms with Gasteiger partial charge in [0.1, 0.15) is 29.1 Å². The summed E-state index contributed by atoms with van der Waals surface area (Å²) in [5.74, 6) is -0.620. The number of fused-ring (bicyclic) bond motifs is 3. The Morgan fingerprint density at radius 1 is 1.25 bits per heavy atom. The fourth-order valence-corrected chi connectivity index (χ4v) is 3.81. The fraction of sp³-hybridized carbons (Fsp3) is 0.227. The maximum absolute atomic E-state index is 13.0. The van der Waals surface area contributed by atoms with Gasteiger partial charge in [0, 0.05) is 22.9 Å². The molecule has 9 nitrogen and oxygen atoms in total. The monoisotopic (exact) mass is 451 g/mol. The molecular formula is C22H18ClN5O4. The van der Waals surface area contributed by atoms with Crippen molar-refractivity contribution in [3.05, 3.63) is 68.9 Å². The van der Waals surface area contributed by atoms with Gasteiger partial charge in [-0.25, -0.2) is 9.97 Å². The molecule has 1 amide bonds. The summed E-state index contributed by atoms with van der Waals surface area (Å²) in [6.45, 7) is -0.430. The van der Waals surface area contributed by atoms with Gasteiger partial charge >= 0.3 is 5.97 Å². The molecule has 0 atom stereocenters. The van der Waals surface area contributed by atoms with Gasteiger partial charge in [-0.2, -0.15) is 0 Å². The van der Waals surface area contributed by atoms with Crippen molar-refractivity contribution in [2.24, 2.45) is 0 Å². The van der Waals surface area contributed by atoms with Crippen LogP contribution in [0.5, 0.6) is 0 Å². The highest BCUT2D eigenvalue weighted by Gasteiger charge is 2.28. The zero-order chi connectivity index (χ0) is 22.4. The Morgan fingerprint density at radius 3 is 2.69 bits per heavy atom. The predicted octanol–water partition coefficient (Wildman–Crippen LogP) is 2.82. The van der Waals surface area contributed by atoms with Crippen molar-refractivity contribution in [2.75, 3.05) is 0 Å². The molecule has 162 valence electrons. The molecule has 0 unspecified atom stereocenters. The Balaban J connectivity index is 1.60. The lowest BCUT2D eigenvalue weighted by molar-refractivity contribution is -0.137. The number of carbonyl (C=O) groups is 2. The molecule has 1 saturated carbocycles. The molecule has 3 N–H and O–H groups in total. The van der Waals surface area contributed by atoms with E-state index in [0.29, 0.717) is 27.4 Å². The van der Waals surface area contributed by atoms with Gasteiger partial charge in [-0.15, -0.1) is 0 Å². The van der Waals surface area contributed by atoms with Gasteiger partial charge in [0.2, 0.25) is 0 Å². The molecule has 0 spiro atoms. The van der Waals surface area contributed by atoms with Gasteiger partial charge in [-0.1, -0.05) is 23.7 Å². The number of aromatic amines is 1. The van der Waals surface area contributed by atoms with E-state index in [0.717, 1.165) is 28.8 Å². The van der Waals surface area contributed by atoms with E-state index >= 15 is 0 Å². The zero-order valence-electron chi connectivity index (χ0n) is 16.8. The molecule has 1 aliphatic rings. The van der Waals surface area contributed by atoms with Crippen molar-refractivity contribution < 1.29 is 14.7 Å². The second-order valence-corrected chi connectivity index (χ2v) is 8.24. The predicted molar refractivity (Wildman–Crippen MR) is 118 cm³/mol. The first-order valence-corrected chi connectivity index (χ1v) is 10.4. The van der Waals surface area contributed by atoms with Crippen molar-refractivity contribution >= 4 is 45.5 Å². The van der Waals surface area contributed by atoms with Crippen molar-refractivity contribution in [3.8, 4) is 0 Å². The first-order chi connectivity index (χ1) is 15.4. The Labute approximate surface area is 186 Å². The average molecular weight is 452 g/mol. The Hall–Kier alpha value is -3.72. The lowest BCUT2D eigenvalue weighted by Gasteiger charge is -2.11. The van der Waals surface area contributed by atoms with Gasteiger partial charge in [-0.3, -0.25) is 19.0 Å². The van der Waals surface area contributed by atoms with E-state index in [2.05, 4.69) is 20.3 Å². The number of carbonyl (C=O) groups excluding carboxylic acids is 1. The van der Waals surface area contributed by atoms with Crippen molar-refractivity contribution in [2.45, 2.75) is 31.8 Å². The van der Waals surface area contributed by atoms with Crippen molar-refractivity contribution in [3.63, 3.8) is 0 Å². The van der Waals surface area contributed by atoms with E-state index in [1.165, 1.54) is 12.3 Å². The van der Waals surface area contributed by atoms with Crippen LogP contribution >= 0.6 is 11.6 Å². The highest BCUT2D eigenvalue weighted by molar-refractivity contribution is 6.30. The summed E-state index contributed by atoms with van der Waals surface area (Å²) < 4.78 is 1.01. The van der Waals surface area contributed by atoms with Crippen LogP contribution in [0.15, 0.2) is 41.3 Å². The Bertz CT molecular complexity index is 1440. The van der Waals surface area contributed by atoms with Crippen molar-refractivity contribution in [1.29, 1.82) is 0 Å². The molecule has 0 aliphatic heterocycles. The summed E-state index contributed by atoms with van der Waals surface area (Å²) in [6.07, 6.45) is 3.61. The molecule has 3 aromatic heterocycles. The standard InChI is InChI=1S/C22H18ClN5O4/c23-13-5-1-11(2-6-13)8-25-21(31)15-7-14-18-16(26-19(27-18)12-3-4-12)9-24-20(14)28(22(15)32)10-17(29)30/h1-2,5-7,9,12H,3-4,8,10H2,(H,25,31)(H,26,27)(H,29,30). The number of nitrogens with zero attached hydrogens (tertiary/aromatic N) is 3. The van der Waals surface area contributed by atoms with Crippen molar-refractivity contribution in [1.82, 2.24) is 24.8 Å². The molecule has 0 saturated heterocycles. The summed E-state index contributed by atoms with van der Waals surface area (Å²) in [7, 11) is 0. The number of hydrogen-bond acceptors (Lipinski definition) is 5. The van der Waals surface area contributed by atoms with Gasteiger partial charge in [0.25, 0.3) is 11.5 Å². The minimum atomic E-state index is -1.21. The lowest BCUT2D eigenvalue weighted by atomic mass is 10.1. The van der Waals surface area contributed by atoms with Crippen LogP contribution < -0.4 is 10.9 Å². The summed E-state index contributed by atoms with van der Waals surface area (Å²) in [5, 5.41) is 13.1. The second kappa shape index (κ2) is 7.76. The van der Waals surface area contributed by atoms with E-state index in [1.807, 2.05) is 0 Å². The van der Waals surface area contributed by atoms with E-state index in [4.69, 9.17) is 11.6 Å². The molecule has 1 aliphatic carbocycles. The van der Waals surface area contributed by atoms with Crippen LogP contribution in [0, 0.1) is 0 Å². The Kier molecular flexibility index (Phi) is 4.90. The molecule has 0 bridgehead atoms. The number of nitrogens with one attached hydrogen (secondary N) is 2. The molecule has 0 radical (unpaired) electrons. The number of pyridine rings is 2. The third-order valence-electron chi connectivity index (χ3n) is 5.46. The van der Waals surface area contributed by atoms with Gasteiger partial charge in [-0.05, 0) is 36.6 Å². The average Bonchev–Trinajstić information content (AvgIpc) is 3.53. The minimum Gasteiger partial charge on any atom is -0.480 e. The number of halogens is 1. The number of H-pyrrole nitrogens is 1. The van der Waals surface area contributed by atoms with E-state index in [-0.39, 0.29) is 17.8 Å². The van der Waals surface area contributed by atoms with E-state index in [9.17, 15) is 19.5 Å². The van der Waals surface area contributed by atoms with Gasteiger partial charge < -0.3 is 15.4 Å². The summed E-state index contributed by atoms with van der Waals surface area (Å²) in [4.78, 5) is 49.5. The maximum atomic E-state index is 13.0. The molecule has 5 rings (SSSR count). The van der Waals surface area contributed by atoms with Gasteiger partial charge in [0.05, 0.1) is 11.7 Å². The zero-order valence-corrected chi connectivity index (χ0v) is 17.5. The number of aliphatic carboxylic acids is 1. The molecule has 4 aromatic rings. The number of carboxylic acids is 1. The number of amides is 1. The van der Waals surface area contributed by atoms with Crippen LogP contribution in [0.3, 0.4) is 0 Å². The number of benzene rings is 1. The lowest BCUT2D eigenvalue weighted by Crippen LogP contribution is -2.34. The SMILES string of the molecule is O=C(O)Cn1c(=O)c(C(=O)NCc2ccc(Cl)cc2)cc2c3[nH]c(C4CC4)nc3cnc21. The van der Waals surface area contributed by atoms with Crippen LogP contribution in [-0.2, 0) is 17.9 Å². The summed E-state index contributed by atoms with van der Waals surface area (Å²) in [6, 6.07) is 8.40. The molecule has 32 heavy (non-hydrogen) atoms. The maximum Gasteiger partial charge on any atom is 0.323 e. The number of hydrogen-bond donors (Lipinski definition) is 3. The quantitative estimate of drug-likeness (QED) is 0.413. The van der Waals surface area contributed by atoms with Crippen LogP contribution in [0.2, 0.25) is 5.02 Å². The van der Waals surface area contributed by atoms with E-state index in [1.54, 1.807) is 24.3 Å². The number of aromatic nitrogens is 4. The van der Waals surface area contributed by atoms with Crippen LogP contribution in [0.4, 0.5) is 0 Å². The molecule has 1 fully saturated rings. The highest BCUT2D eigenvalue weighted by Crippen LogP contribution is 2.39. The normalized spacial score (nSPS) is 13.5. The molecular weight excluding hydrogens is 434 g/mol. The molecule has 3 heterocycles. The van der Waals surface area contributed by atoms with Crippen LogP contribution in [0.1, 0.15) is 40.5 Å². The first kappa shape index (κ1) is 20.2. The third-order valence-corrected chi connectivity index (χ3v) is 5.71. The number of imidazole rings is 1. The third kappa shape index (κ3) is 3.71. The smallest absolute Gasteiger partial charge is 0.323 e. The minimum absolute atomic E-state index is 0.162. The fourth-order valence-electron chi connectivity index (χ4n) is 3.68. The summed E-state index contributed by atoms with van der Waals surface area (Å²) in [5.41, 5.74) is 1.34. The topological polar surface area (TPSA) is 130 Å². The second-order valence-electron chi connectivity index (χ2n) is 7.80. The molecule has 10 heteroatoms. The largest absolute Gasteiger partial charge is 0.480 e. The number of rotatable bonds is 6. The van der Waals surface area contributed by atoms with E-state index < -0.39 is 24.0 Å².